The third-order valence-corrected chi connectivity index (χ3v) is 5.69. The average Bonchev–Trinajstić information content (AvgIpc) is 2.91. The van der Waals surface area contributed by atoms with Crippen molar-refractivity contribution in [3.05, 3.63) is 75.6 Å². The predicted octanol–water partition coefficient (Wildman–Crippen LogP) is 3.09. The highest BCUT2D eigenvalue weighted by Gasteiger charge is 2.16. The van der Waals surface area contributed by atoms with Gasteiger partial charge >= 0.3 is 0 Å². The van der Waals surface area contributed by atoms with E-state index in [1.54, 1.807) is 47.2 Å². The van der Waals surface area contributed by atoms with Gasteiger partial charge in [0.1, 0.15) is 28.9 Å². The lowest BCUT2D eigenvalue weighted by molar-refractivity contribution is 0.0748. The molecule has 10 heteroatoms. The Kier molecular flexibility index (Phi) is 7.65. The summed E-state index contributed by atoms with van der Waals surface area (Å²) in [6.45, 7) is 4.64. The smallest absolute Gasteiger partial charge is 0.279 e. The molecule has 1 aromatic carbocycles. The van der Waals surface area contributed by atoms with E-state index in [1.165, 1.54) is 24.7 Å². The molecule has 0 saturated heterocycles. The third kappa shape index (κ3) is 5.37. The first-order valence-electron chi connectivity index (χ1n) is 11.7. The lowest BCUT2D eigenvalue weighted by Gasteiger charge is -2.14. The Hall–Kier alpha value is -4.49. The van der Waals surface area contributed by atoms with Crippen LogP contribution in [-0.4, -0.2) is 46.8 Å². The molecule has 0 radical (unpaired) electrons. The maximum Gasteiger partial charge on any atom is 0.279 e. The maximum absolute atomic E-state index is 13.3. The normalized spacial score (nSPS) is 11.7. The Morgan fingerprint density at radius 3 is 2.51 bits per heavy atom. The van der Waals surface area contributed by atoms with E-state index in [0.717, 1.165) is 0 Å². The fourth-order valence-electron chi connectivity index (χ4n) is 3.93. The molecule has 1 amide bonds. The highest BCUT2D eigenvalue weighted by Crippen LogP contribution is 2.23. The minimum absolute atomic E-state index is 0.0488. The molecular weight excluding hydrogens is 474 g/mol. The number of nitriles is 1. The summed E-state index contributed by atoms with van der Waals surface area (Å²) in [5, 5.41) is 10.2. The number of rotatable bonds is 8. The molecule has 0 aliphatic carbocycles. The van der Waals surface area contributed by atoms with Gasteiger partial charge in [-0.25, -0.2) is 4.98 Å². The quantitative estimate of drug-likeness (QED) is 0.269. The molecule has 0 unspecified atom stereocenters. The summed E-state index contributed by atoms with van der Waals surface area (Å²) >= 11 is 0. The van der Waals surface area contributed by atoms with Gasteiger partial charge < -0.3 is 18.8 Å². The molecule has 0 N–H and O–H groups in total. The lowest BCUT2D eigenvalue weighted by atomic mass is 10.2. The van der Waals surface area contributed by atoms with E-state index in [2.05, 4.69) is 16.0 Å². The van der Waals surface area contributed by atoms with Crippen LogP contribution in [0, 0.1) is 11.3 Å². The first kappa shape index (κ1) is 25.6. The summed E-state index contributed by atoms with van der Waals surface area (Å²) < 4.78 is 19.3. The van der Waals surface area contributed by atoms with Crippen molar-refractivity contribution < 1.29 is 19.0 Å². The molecule has 3 heterocycles. The SMILES string of the molecule is COc1cc(OC)cc(C(=O)N=c2c(C#N)cc3c(=O)n4ccccc4nc3n2CCCOC(C)C)c1. The summed E-state index contributed by atoms with van der Waals surface area (Å²) in [5.41, 5.74) is 0.858. The molecule has 0 spiro atoms. The highest BCUT2D eigenvalue weighted by atomic mass is 16.5. The molecule has 0 atom stereocenters. The van der Waals surface area contributed by atoms with E-state index < -0.39 is 5.91 Å². The van der Waals surface area contributed by atoms with Gasteiger partial charge in [0.05, 0.1) is 31.3 Å². The van der Waals surface area contributed by atoms with Gasteiger partial charge in [0.15, 0.2) is 5.49 Å². The summed E-state index contributed by atoms with van der Waals surface area (Å²) in [6, 6.07) is 13.5. The number of hydrogen-bond acceptors (Lipinski definition) is 7. The molecule has 0 aliphatic rings. The maximum atomic E-state index is 13.3. The molecule has 0 aliphatic heterocycles. The van der Waals surface area contributed by atoms with Crippen molar-refractivity contribution in [2.24, 2.45) is 4.99 Å². The van der Waals surface area contributed by atoms with Crippen molar-refractivity contribution in [2.75, 3.05) is 20.8 Å². The Balaban J connectivity index is 1.97. The number of fused-ring (bicyclic) bond motifs is 2. The number of ether oxygens (including phenoxy) is 3. The highest BCUT2D eigenvalue weighted by molar-refractivity contribution is 5.96. The summed E-state index contributed by atoms with van der Waals surface area (Å²) in [6.07, 6.45) is 2.22. The standard InChI is InChI=1S/C27H27N5O5/c1-17(2)37-11-7-10-32-24(30-26(33)18-12-20(35-3)15-21(13-18)36-4)19(16-28)14-22-25(32)29-23-8-5-6-9-31(23)27(22)34/h5-6,8-9,12-15,17H,7,10-11H2,1-4H3. The molecule has 10 nitrogen and oxygen atoms in total. The van der Waals surface area contributed by atoms with E-state index in [0.29, 0.717) is 42.4 Å². The van der Waals surface area contributed by atoms with Gasteiger partial charge in [-0.3, -0.25) is 14.0 Å². The number of pyridine rings is 2. The van der Waals surface area contributed by atoms with Crippen LogP contribution < -0.4 is 20.5 Å². The molecule has 4 rings (SSSR count). The lowest BCUT2D eigenvalue weighted by Crippen LogP contribution is -2.30. The molecule has 0 fully saturated rings. The van der Waals surface area contributed by atoms with E-state index in [1.807, 2.05) is 13.8 Å². The molecule has 0 saturated carbocycles. The van der Waals surface area contributed by atoms with Crippen LogP contribution in [0.1, 0.15) is 36.2 Å². The van der Waals surface area contributed by atoms with Gasteiger partial charge in [-0.2, -0.15) is 10.3 Å². The zero-order valence-electron chi connectivity index (χ0n) is 21.1. The topological polar surface area (TPSA) is 120 Å². The number of aryl methyl sites for hydroxylation is 1. The first-order chi connectivity index (χ1) is 17.9. The van der Waals surface area contributed by atoms with E-state index in [4.69, 9.17) is 14.2 Å². The first-order valence-corrected chi connectivity index (χ1v) is 11.7. The minimum Gasteiger partial charge on any atom is -0.497 e. The van der Waals surface area contributed by atoms with Crippen molar-refractivity contribution in [1.82, 2.24) is 14.0 Å². The van der Waals surface area contributed by atoms with E-state index in [-0.39, 0.29) is 33.7 Å². The number of hydrogen-bond donors (Lipinski definition) is 0. The van der Waals surface area contributed by atoms with Crippen LogP contribution in [0.5, 0.6) is 11.5 Å². The van der Waals surface area contributed by atoms with Gasteiger partial charge in [0.2, 0.25) is 0 Å². The van der Waals surface area contributed by atoms with Crippen LogP contribution in [0.2, 0.25) is 0 Å². The van der Waals surface area contributed by atoms with Crippen molar-refractivity contribution in [2.45, 2.75) is 32.9 Å². The second kappa shape index (κ2) is 11.1. The Labute approximate surface area is 213 Å². The van der Waals surface area contributed by atoms with Gasteiger partial charge in [0.25, 0.3) is 11.5 Å². The largest absolute Gasteiger partial charge is 0.497 e. The number of benzene rings is 1. The minimum atomic E-state index is -0.599. The average molecular weight is 502 g/mol. The predicted molar refractivity (Wildman–Crippen MR) is 137 cm³/mol. The van der Waals surface area contributed by atoms with Crippen LogP contribution in [0.25, 0.3) is 16.7 Å². The summed E-state index contributed by atoms with van der Waals surface area (Å²) in [4.78, 5) is 35.6. The van der Waals surface area contributed by atoms with Gasteiger partial charge in [-0.15, -0.1) is 0 Å². The van der Waals surface area contributed by atoms with Crippen molar-refractivity contribution >= 4 is 22.6 Å². The number of aromatic nitrogens is 3. The second-order valence-electron chi connectivity index (χ2n) is 8.52. The van der Waals surface area contributed by atoms with Crippen molar-refractivity contribution in [3.63, 3.8) is 0 Å². The van der Waals surface area contributed by atoms with Crippen LogP contribution in [0.15, 0.2) is 58.4 Å². The number of amides is 1. The van der Waals surface area contributed by atoms with Crippen LogP contribution >= 0.6 is 0 Å². The molecule has 3 aromatic heterocycles. The Morgan fingerprint density at radius 1 is 1.14 bits per heavy atom. The van der Waals surface area contributed by atoms with Gasteiger partial charge in [-0.05, 0) is 50.6 Å². The fourth-order valence-corrected chi connectivity index (χ4v) is 3.93. The van der Waals surface area contributed by atoms with Crippen LogP contribution in [0.4, 0.5) is 0 Å². The molecule has 4 aromatic rings. The Bertz CT molecular complexity index is 1620. The molecular formula is C27H27N5O5. The summed E-state index contributed by atoms with van der Waals surface area (Å²) in [5.74, 6) is 0.256. The fraction of sp³-hybridized carbons (Fsp3) is 0.296. The summed E-state index contributed by atoms with van der Waals surface area (Å²) in [7, 11) is 2.97. The van der Waals surface area contributed by atoms with E-state index >= 15 is 0 Å². The molecule has 37 heavy (non-hydrogen) atoms. The third-order valence-electron chi connectivity index (χ3n) is 5.69. The molecule has 0 bridgehead atoms. The van der Waals surface area contributed by atoms with Gasteiger partial charge in [-0.1, -0.05) is 6.07 Å². The number of nitrogens with zero attached hydrogens (tertiary/aromatic N) is 5. The zero-order valence-corrected chi connectivity index (χ0v) is 21.1. The van der Waals surface area contributed by atoms with Crippen molar-refractivity contribution in [1.29, 1.82) is 5.26 Å². The molecule has 190 valence electrons. The zero-order chi connectivity index (χ0) is 26.5. The van der Waals surface area contributed by atoms with E-state index in [9.17, 15) is 14.9 Å². The Morgan fingerprint density at radius 2 is 1.86 bits per heavy atom. The number of carbonyl (C=O) groups is 1. The second-order valence-corrected chi connectivity index (χ2v) is 8.52. The number of carbonyl (C=O) groups excluding carboxylic acids is 1. The van der Waals surface area contributed by atoms with Crippen molar-refractivity contribution in [3.8, 4) is 17.6 Å². The van der Waals surface area contributed by atoms with Crippen LogP contribution in [0.3, 0.4) is 0 Å². The van der Waals surface area contributed by atoms with Gasteiger partial charge in [0, 0.05) is 31.0 Å². The van der Waals surface area contributed by atoms with Crippen LogP contribution in [-0.2, 0) is 11.3 Å². The number of methoxy groups -OCH3 is 2. The monoisotopic (exact) mass is 501 g/mol.